The smallest absolute Gasteiger partial charge is 0.317 e. The minimum atomic E-state index is -0.0739. The fourth-order valence-corrected chi connectivity index (χ4v) is 4.08. The van der Waals surface area contributed by atoms with Crippen LogP contribution in [-0.4, -0.2) is 37.6 Å². The fraction of sp³-hybridized carbons (Fsp3) is 0.444. The quantitative estimate of drug-likeness (QED) is 0.702. The van der Waals surface area contributed by atoms with E-state index in [1.165, 1.54) is 11.3 Å². The zero-order chi connectivity index (χ0) is 17.9. The van der Waals surface area contributed by atoms with Crippen molar-refractivity contribution < 1.29 is 0 Å². The summed E-state index contributed by atoms with van der Waals surface area (Å²) in [7, 11) is 0. The number of piperidine rings is 1. The van der Waals surface area contributed by atoms with Crippen LogP contribution in [0, 0.1) is 6.92 Å². The largest absolute Gasteiger partial charge is 0.346 e. The number of nitrogens with zero attached hydrogens (tertiary/aromatic N) is 5. The number of rotatable bonds is 5. The first kappa shape index (κ1) is 19.7. The summed E-state index contributed by atoms with van der Waals surface area (Å²) in [6.07, 6.45) is 2.01. The van der Waals surface area contributed by atoms with E-state index in [1.54, 1.807) is 4.68 Å². The van der Waals surface area contributed by atoms with Crippen molar-refractivity contribution in [1.82, 2.24) is 29.9 Å². The van der Waals surface area contributed by atoms with E-state index in [1.807, 2.05) is 41.8 Å². The summed E-state index contributed by atoms with van der Waals surface area (Å²) >= 11 is 1.50. The molecule has 1 fully saturated rings. The zero-order valence-corrected chi connectivity index (χ0v) is 16.8. The molecule has 0 radical (unpaired) electrons. The molecule has 3 aromatic rings. The van der Waals surface area contributed by atoms with Crippen LogP contribution in [0.1, 0.15) is 40.2 Å². The average molecular weight is 407 g/mol. The summed E-state index contributed by atoms with van der Waals surface area (Å²) in [4.78, 5) is 13.1. The normalized spacial score (nSPS) is 14.9. The van der Waals surface area contributed by atoms with E-state index in [0.29, 0.717) is 19.0 Å². The van der Waals surface area contributed by atoms with Crippen LogP contribution in [0.25, 0.3) is 0 Å². The van der Waals surface area contributed by atoms with Crippen LogP contribution in [0.5, 0.6) is 0 Å². The molecule has 1 N–H and O–H groups in total. The summed E-state index contributed by atoms with van der Waals surface area (Å²) in [5.74, 6) is 1.20. The van der Waals surface area contributed by atoms with E-state index in [-0.39, 0.29) is 18.1 Å². The van der Waals surface area contributed by atoms with E-state index in [9.17, 15) is 4.79 Å². The van der Waals surface area contributed by atoms with E-state index in [2.05, 4.69) is 15.5 Å². The number of halogens is 1. The van der Waals surface area contributed by atoms with Crippen molar-refractivity contribution in [3.63, 3.8) is 0 Å². The number of nitrogens with one attached hydrogen (secondary N) is 1. The lowest BCUT2D eigenvalue weighted by molar-refractivity contribution is 0.430. The molecule has 0 aliphatic carbocycles. The third-order valence-corrected chi connectivity index (χ3v) is 5.52. The highest BCUT2D eigenvalue weighted by Gasteiger charge is 2.24. The van der Waals surface area contributed by atoms with Crippen molar-refractivity contribution in [2.75, 3.05) is 13.1 Å². The Kier molecular flexibility index (Phi) is 6.41. The molecule has 0 atom stereocenters. The zero-order valence-electron chi connectivity index (χ0n) is 15.2. The Morgan fingerprint density at radius 1 is 1.15 bits per heavy atom. The van der Waals surface area contributed by atoms with Gasteiger partial charge in [-0.05, 0) is 38.4 Å². The van der Waals surface area contributed by atoms with Gasteiger partial charge in [-0.25, -0.2) is 9.48 Å². The lowest BCUT2D eigenvalue weighted by Gasteiger charge is -2.22. The molecule has 27 heavy (non-hydrogen) atoms. The predicted octanol–water partition coefficient (Wildman–Crippen LogP) is 2.19. The molecule has 144 valence electrons. The molecule has 1 aromatic carbocycles. The standard InChI is InChI=1S/C18H22N6OS.ClH/c1-13-20-21-16(26-13)12-24-18(25)23(11-14-5-3-2-4-6-14)17(22-24)15-7-9-19-10-8-15;/h2-6,15,19H,7-12H2,1H3;1H. The van der Waals surface area contributed by atoms with Gasteiger partial charge in [0.1, 0.15) is 22.4 Å². The second kappa shape index (κ2) is 8.77. The topological polar surface area (TPSA) is 77.6 Å². The molecular formula is C18H23ClN6OS. The molecule has 1 aliphatic heterocycles. The van der Waals surface area contributed by atoms with Gasteiger partial charge in [-0.1, -0.05) is 41.7 Å². The lowest BCUT2D eigenvalue weighted by Crippen LogP contribution is -2.30. The Labute approximate surface area is 167 Å². The molecule has 0 bridgehead atoms. The van der Waals surface area contributed by atoms with Crippen molar-refractivity contribution in [2.45, 2.75) is 38.8 Å². The van der Waals surface area contributed by atoms with Gasteiger partial charge < -0.3 is 5.32 Å². The van der Waals surface area contributed by atoms with Crippen LogP contribution in [0.4, 0.5) is 0 Å². The van der Waals surface area contributed by atoms with Crippen molar-refractivity contribution in [1.29, 1.82) is 0 Å². The van der Waals surface area contributed by atoms with E-state index in [0.717, 1.165) is 47.3 Å². The van der Waals surface area contributed by atoms with E-state index >= 15 is 0 Å². The first-order valence-corrected chi connectivity index (χ1v) is 9.73. The van der Waals surface area contributed by atoms with E-state index in [4.69, 9.17) is 5.10 Å². The lowest BCUT2D eigenvalue weighted by atomic mass is 9.97. The average Bonchev–Trinajstić information content (AvgIpc) is 3.21. The monoisotopic (exact) mass is 406 g/mol. The molecule has 7 nitrogen and oxygen atoms in total. The predicted molar refractivity (Wildman–Crippen MR) is 108 cm³/mol. The molecular weight excluding hydrogens is 384 g/mol. The summed E-state index contributed by atoms with van der Waals surface area (Å²) in [6, 6.07) is 10.1. The van der Waals surface area contributed by atoms with Crippen LogP contribution < -0.4 is 11.0 Å². The summed E-state index contributed by atoms with van der Waals surface area (Å²) in [5.41, 5.74) is 1.03. The molecule has 0 unspecified atom stereocenters. The summed E-state index contributed by atoms with van der Waals surface area (Å²) in [5, 5.41) is 18.0. The van der Waals surface area contributed by atoms with Gasteiger partial charge in [-0.15, -0.1) is 22.6 Å². The highest BCUT2D eigenvalue weighted by Crippen LogP contribution is 2.23. The number of aromatic nitrogens is 5. The van der Waals surface area contributed by atoms with E-state index < -0.39 is 0 Å². The minimum absolute atomic E-state index is 0. The molecule has 0 spiro atoms. The van der Waals surface area contributed by atoms with Crippen molar-refractivity contribution in [3.8, 4) is 0 Å². The summed E-state index contributed by atoms with van der Waals surface area (Å²) in [6.45, 7) is 4.77. The third-order valence-electron chi connectivity index (χ3n) is 4.69. The molecule has 2 aromatic heterocycles. The van der Waals surface area contributed by atoms with Gasteiger partial charge in [0.25, 0.3) is 0 Å². The maximum Gasteiger partial charge on any atom is 0.346 e. The first-order valence-electron chi connectivity index (χ1n) is 8.92. The molecule has 0 saturated carbocycles. The van der Waals surface area contributed by atoms with Crippen LogP contribution in [-0.2, 0) is 13.1 Å². The van der Waals surface area contributed by atoms with Gasteiger partial charge in [0.05, 0.1) is 6.54 Å². The van der Waals surface area contributed by atoms with Crippen LogP contribution in [0.3, 0.4) is 0 Å². The minimum Gasteiger partial charge on any atom is -0.317 e. The van der Waals surface area contributed by atoms with Gasteiger partial charge in [0.2, 0.25) is 0 Å². The SMILES string of the molecule is Cc1nnc(Cn2nc(C3CCNCC3)n(Cc3ccccc3)c2=O)s1.Cl. The maximum absolute atomic E-state index is 13.1. The van der Waals surface area contributed by atoms with Crippen LogP contribution >= 0.6 is 23.7 Å². The molecule has 9 heteroatoms. The van der Waals surface area contributed by atoms with Crippen molar-refractivity contribution in [2.24, 2.45) is 0 Å². The van der Waals surface area contributed by atoms with Crippen LogP contribution in [0.2, 0.25) is 0 Å². The number of benzene rings is 1. The Morgan fingerprint density at radius 2 is 1.89 bits per heavy atom. The molecule has 3 heterocycles. The Bertz CT molecular complexity index is 929. The Balaban J connectivity index is 0.00000210. The number of hydrogen-bond acceptors (Lipinski definition) is 6. The van der Waals surface area contributed by atoms with Gasteiger partial charge in [-0.2, -0.15) is 5.10 Å². The maximum atomic E-state index is 13.1. The molecule has 4 rings (SSSR count). The summed E-state index contributed by atoms with van der Waals surface area (Å²) < 4.78 is 3.37. The molecule has 1 saturated heterocycles. The number of aryl methyl sites for hydroxylation is 1. The third kappa shape index (κ3) is 4.45. The Morgan fingerprint density at radius 3 is 2.56 bits per heavy atom. The highest BCUT2D eigenvalue weighted by atomic mass is 35.5. The van der Waals surface area contributed by atoms with Gasteiger partial charge >= 0.3 is 5.69 Å². The second-order valence-electron chi connectivity index (χ2n) is 6.61. The van der Waals surface area contributed by atoms with Crippen molar-refractivity contribution in [3.05, 3.63) is 62.2 Å². The number of hydrogen-bond donors (Lipinski definition) is 1. The highest BCUT2D eigenvalue weighted by molar-refractivity contribution is 7.11. The van der Waals surface area contributed by atoms with Gasteiger partial charge in [-0.3, -0.25) is 4.57 Å². The van der Waals surface area contributed by atoms with Crippen molar-refractivity contribution >= 4 is 23.7 Å². The van der Waals surface area contributed by atoms with Gasteiger partial charge in [0.15, 0.2) is 0 Å². The van der Waals surface area contributed by atoms with Crippen LogP contribution in [0.15, 0.2) is 35.1 Å². The molecule has 0 amide bonds. The Hall–Kier alpha value is -2.03. The fourth-order valence-electron chi connectivity index (χ4n) is 3.39. The molecule has 1 aliphatic rings. The first-order chi connectivity index (χ1) is 12.7. The second-order valence-corrected chi connectivity index (χ2v) is 7.88. The van der Waals surface area contributed by atoms with Gasteiger partial charge in [0, 0.05) is 5.92 Å².